The van der Waals surface area contributed by atoms with Gasteiger partial charge in [-0.15, -0.1) is 0 Å². The van der Waals surface area contributed by atoms with Gasteiger partial charge in [0.05, 0.1) is 18.2 Å². The summed E-state index contributed by atoms with van der Waals surface area (Å²) in [6, 6.07) is 11.4. The summed E-state index contributed by atoms with van der Waals surface area (Å²) >= 11 is 6.12. The second kappa shape index (κ2) is 8.84. The lowest BCUT2D eigenvalue weighted by atomic mass is 10.1. The number of carbonyl (C=O) groups excluding carboxylic acids is 1. The zero-order valence-corrected chi connectivity index (χ0v) is 16.2. The van der Waals surface area contributed by atoms with E-state index < -0.39 is 5.82 Å². The minimum atomic E-state index is -0.473. The first-order valence-corrected chi connectivity index (χ1v) is 9.06. The van der Waals surface area contributed by atoms with Crippen molar-refractivity contribution in [3.05, 3.63) is 64.8 Å². The van der Waals surface area contributed by atoms with E-state index in [9.17, 15) is 9.18 Å². The van der Waals surface area contributed by atoms with Gasteiger partial charge in [-0.25, -0.2) is 4.39 Å². The first kappa shape index (κ1) is 19.8. The summed E-state index contributed by atoms with van der Waals surface area (Å²) in [4.78, 5) is 16.5. The Balaban J connectivity index is 1.56. The van der Waals surface area contributed by atoms with Gasteiger partial charge in [0.15, 0.2) is 11.6 Å². The average Bonchev–Trinajstić information content (AvgIpc) is 3.15. The number of carbonyl (C=O) groups is 1. The molecular formula is C20H19ClFN3O3. The van der Waals surface area contributed by atoms with Crippen LogP contribution in [-0.2, 0) is 11.2 Å². The van der Waals surface area contributed by atoms with Gasteiger partial charge in [-0.2, -0.15) is 4.98 Å². The molecule has 6 nitrogen and oxygen atoms in total. The highest BCUT2D eigenvalue weighted by Gasteiger charge is 2.15. The summed E-state index contributed by atoms with van der Waals surface area (Å²) in [6.07, 6.45) is 0.445. The van der Waals surface area contributed by atoms with Crippen LogP contribution >= 0.6 is 11.6 Å². The number of ether oxygens (including phenoxy) is 1. The third-order valence-electron chi connectivity index (χ3n) is 4.20. The number of methoxy groups -OCH3 is 1. The van der Waals surface area contributed by atoms with Gasteiger partial charge >= 0.3 is 0 Å². The molecule has 0 saturated heterocycles. The molecule has 0 fully saturated rings. The molecule has 1 N–H and O–H groups in total. The number of halogens is 2. The molecule has 0 radical (unpaired) electrons. The van der Waals surface area contributed by atoms with Crippen LogP contribution in [-0.4, -0.2) is 23.2 Å². The Morgan fingerprint density at radius 3 is 2.82 bits per heavy atom. The minimum absolute atomic E-state index is 0.160. The molecule has 0 aliphatic carbocycles. The minimum Gasteiger partial charge on any atom is -0.494 e. The van der Waals surface area contributed by atoms with Gasteiger partial charge in [-0.3, -0.25) is 4.79 Å². The number of amides is 1. The number of benzene rings is 2. The fraction of sp³-hybridized carbons (Fsp3) is 0.250. The summed E-state index contributed by atoms with van der Waals surface area (Å²) in [5, 5.41) is 7.25. The normalized spacial score (nSPS) is 11.9. The molecule has 3 rings (SSSR count). The SMILES string of the molecule is COc1ccc([C@@H](C)NC(=O)CCc2nc(-c3ccccc3Cl)no2)cc1F. The fourth-order valence-electron chi connectivity index (χ4n) is 2.68. The molecule has 1 atom stereocenters. The van der Waals surface area contributed by atoms with E-state index in [1.54, 1.807) is 25.1 Å². The summed E-state index contributed by atoms with van der Waals surface area (Å²) in [5.74, 6) is 0.199. The molecule has 8 heteroatoms. The summed E-state index contributed by atoms with van der Waals surface area (Å²) in [5.41, 5.74) is 1.31. The van der Waals surface area contributed by atoms with Crippen LogP contribution in [0.4, 0.5) is 4.39 Å². The molecule has 2 aromatic carbocycles. The molecule has 1 amide bonds. The predicted octanol–water partition coefficient (Wildman–Crippen LogP) is 4.35. The van der Waals surface area contributed by atoms with Crippen molar-refractivity contribution in [1.82, 2.24) is 15.5 Å². The maximum absolute atomic E-state index is 13.8. The lowest BCUT2D eigenvalue weighted by Crippen LogP contribution is -2.26. The van der Waals surface area contributed by atoms with Crippen LogP contribution < -0.4 is 10.1 Å². The van der Waals surface area contributed by atoms with E-state index in [4.69, 9.17) is 20.9 Å². The molecule has 0 bridgehead atoms. The first-order chi connectivity index (χ1) is 13.5. The molecule has 0 aliphatic heterocycles. The van der Waals surface area contributed by atoms with Crippen LogP contribution in [0.1, 0.15) is 30.8 Å². The van der Waals surface area contributed by atoms with Gasteiger partial charge < -0.3 is 14.6 Å². The van der Waals surface area contributed by atoms with Crippen molar-refractivity contribution in [2.75, 3.05) is 7.11 Å². The van der Waals surface area contributed by atoms with Gasteiger partial charge in [0.25, 0.3) is 0 Å². The van der Waals surface area contributed by atoms with Crippen molar-refractivity contribution in [2.45, 2.75) is 25.8 Å². The van der Waals surface area contributed by atoms with Crippen LogP contribution in [0, 0.1) is 5.82 Å². The summed E-state index contributed by atoms with van der Waals surface area (Å²) in [6.45, 7) is 1.78. The van der Waals surface area contributed by atoms with Crippen molar-refractivity contribution in [3.63, 3.8) is 0 Å². The molecule has 146 valence electrons. The Morgan fingerprint density at radius 2 is 2.11 bits per heavy atom. The molecule has 0 spiro atoms. The number of hydrogen-bond acceptors (Lipinski definition) is 5. The van der Waals surface area contributed by atoms with Crippen molar-refractivity contribution >= 4 is 17.5 Å². The Morgan fingerprint density at radius 1 is 1.32 bits per heavy atom. The van der Waals surface area contributed by atoms with E-state index in [1.807, 2.05) is 12.1 Å². The Kier molecular flexibility index (Phi) is 6.26. The third-order valence-corrected chi connectivity index (χ3v) is 4.53. The van der Waals surface area contributed by atoms with Crippen LogP contribution in [0.3, 0.4) is 0 Å². The standard InChI is InChI=1S/C20H19ClFN3O3/c1-12(13-7-8-17(27-2)16(22)11-13)23-18(26)9-10-19-24-20(25-28-19)14-5-3-4-6-15(14)21/h3-8,11-12H,9-10H2,1-2H3,(H,23,26)/t12-/m1/s1. The van der Waals surface area contributed by atoms with Crippen LogP contribution in [0.2, 0.25) is 5.02 Å². The number of aromatic nitrogens is 2. The number of aryl methyl sites for hydroxylation is 1. The molecule has 0 aliphatic rings. The molecule has 3 aromatic rings. The van der Waals surface area contributed by atoms with Crippen LogP contribution in [0.25, 0.3) is 11.4 Å². The first-order valence-electron chi connectivity index (χ1n) is 8.68. The molecule has 28 heavy (non-hydrogen) atoms. The second-order valence-corrected chi connectivity index (χ2v) is 6.58. The van der Waals surface area contributed by atoms with Crippen molar-refractivity contribution in [2.24, 2.45) is 0 Å². The maximum Gasteiger partial charge on any atom is 0.227 e. The lowest BCUT2D eigenvalue weighted by Gasteiger charge is -2.15. The topological polar surface area (TPSA) is 77.2 Å². The molecule has 0 unspecified atom stereocenters. The van der Waals surface area contributed by atoms with Crippen LogP contribution in [0.5, 0.6) is 5.75 Å². The number of hydrogen-bond donors (Lipinski definition) is 1. The highest BCUT2D eigenvalue weighted by Crippen LogP contribution is 2.25. The number of rotatable bonds is 7. The van der Waals surface area contributed by atoms with Crippen molar-refractivity contribution in [3.8, 4) is 17.1 Å². The van der Waals surface area contributed by atoms with Gasteiger partial charge in [-0.05, 0) is 36.8 Å². The highest BCUT2D eigenvalue weighted by atomic mass is 35.5. The zero-order valence-electron chi connectivity index (χ0n) is 15.4. The van der Waals surface area contributed by atoms with E-state index >= 15 is 0 Å². The Labute approximate surface area is 166 Å². The second-order valence-electron chi connectivity index (χ2n) is 6.17. The number of nitrogens with zero attached hydrogens (tertiary/aromatic N) is 2. The summed E-state index contributed by atoms with van der Waals surface area (Å²) < 4.78 is 23.9. The monoisotopic (exact) mass is 403 g/mol. The van der Waals surface area contributed by atoms with Crippen molar-refractivity contribution < 1.29 is 18.4 Å². The van der Waals surface area contributed by atoms with Gasteiger partial charge in [0.1, 0.15) is 0 Å². The summed E-state index contributed by atoms with van der Waals surface area (Å²) in [7, 11) is 1.40. The molecule has 0 saturated carbocycles. The van der Waals surface area contributed by atoms with E-state index in [-0.39, 0.29) is 30.5 Å². The maximum atomic E-state index is 13.8. The van der Waals surface area contributed by atoms with Crippen molar-refractivity contribution in [1.29, 1.82) is 0 Å². The van der Waals surface area contributed by atoms with Gasteiger partial charge in [0, 0.05) is 18.4 Å². The zero-order chi connectivity index (χ0) is 20.1. The van der Waals surface area contributed by atoms with E-state index in [0.29, 0.717) is 27.9 Å². The van der Waals surface area contributed by atoms with Gasteiger partial charge in [-0.1, -0.05) is 35.0 Å². The Bertz CT molecular complexity index is 977. The largest absolute Gasteiger partial charge is 0.494 e. The molecule has 1 aromatic heterocycles. The van der Waals surface area contributed by atoms with E-state index in [1.165, 1.54) is 19.2 Å². The smallest absolute Gasteiger partial charge is 0.227 e. The quantitative estimate of drug-likeness (QED) is 0.634. The predicted molar refractivity (Wildman–Crippen MR) is 103 cm³/mol. The Hall–Kier alpha value is -2.93. The third kappa shape index (κ3) is 4.67. The van der Waals surface area contributed by atoms with E-state index in [2.05, 4.69) is 15.5 Å². The molecule has 1 heterocycles. The molecular weight excluding hydrogens is 385 g/mol. The van der Waals surface area contributed by atoms with E-state index in [0.717, 1.165) is 0 Å². The number of nitrogens with one attached hydrogen (secondary N) is 1. The average molecular weight is 404 g/mol. The lowest BCUT2D eigenvalue weighted by molar-refractivity contribution is -0.121. The fourth-order valence-corrected chi connectivity index (χ4v) is 2.90. The van der Waals surface area contributed by atoms with Gasteiger partial charge in [0.2, 0.25) is 17.6 Å². The van der Waals surface area contributed by atoms with Crippen LogP contribution in [0.15, 0.2) is 47.0 Å². The highest BCUT2D eigenvalue weighted by molar-refractivity contribution is 6.33.